The van der Waals surface area contributed by atoms with Crippen LogP contribution < -0.4 is 5.32 Å². The largest absolute Gasteiger partial charge is 0.332 e. The third-order valence-corrected chi connectivity index (χ3v) is 6.91. The molecule has 0 unspecified atom stereocenters. The highest BCUT2D eigenvalue weighted by Crippen LogP contribution is 2.28. The molecule has 0 spiro atoms. The molecule has 3 rings (SSSR count). The molecule has 0 aliphatic heterocycles. The van der Waals surface area contributed by atoms with Crippen LogP contribution in [0.4, 0.5) is 15.2 Å². The zero-order valence-electron chi connectivity index (χ0n) is 15.4. The quantitative estimate of drug-likeness (QED) is 0.492. The van der Waals surface area contributed by atoms with E-state index in [1.54, 1.807) is 36.4 Å². The molecule has 0 radical (unpaired) electrons. The van der Waals surface area contributed by atoms with Crippen LogP contribution in [-0.2, 0) is 10.0 Å². The zero-order valence-corrected chi connectivity index (χ0v) is 18.8. The molecule has 5 nitrogen and oxygen atoms in total. The first-order valence-corrected chi connectivity index (χ1v) is 10.8. The van der Waals surface area contributed by atoms with Crippen molar-refractivity contribution in [3.63, 3.8) is 0 Å². The molecular formula is C19H21BrFN3O2S2. The number of benzene rings is 2. The van der Waals surface area contributed by atoms with Gasteiger partial charge in [0, 0.05) is 29.7 Å². The van der Waals surface area contributed by atoms with Crippen LogP contribution in [0.5, 0.6) is 0 Å². The highest BCUT2D eigenvalue weighted by atomic mass is 79.9. The van der Waals surface area contributed by atoms with Gasteiger partial charge in [0.1, 0.15) is 5.82 Å². The number of thiazole rings is 1. The Morgan fingerprint density at radius 1 is 1.04 bits per heavy atom. The average Bonchev–Trinajstić information content (AvgIpc) is 3.13. The van der Waals surface area contributed by atoms with Crippen LogP contribution in [0.15, 0.2) is 58.8 Å². The predicted octanol–water partition coefficient (Wildman–Crippen LogP) is 5.30. The van der Waals surface area contributed by atoms with Crippen molar-refractivity contribution in [2.24, 2.45) is 0 Å². The van der Waals surface area contributed by atoms with Crippen LogP contribution in [0.3, 0.4) is 0 Å². The molecule has 0 saturated heterocycles. The summed E-state index contributed by atoms with van der Waals surface area (Å²) in [4.78, 5) is 4.78. The molecule has 0 atom stereocenters. The van der Waals surface area contributed by atoms with Gasteiger partial charge in [0.15, 0.2) is 5.13 Å². The van der Waals surface area contributed by atoms with Crippen molar-refractivity contribution in [1.29, 1.82) is 0 Å². The molecule has 0 amide bonds. The lowest BCUT2D eigenvalue weighted by Crippen LogP contribution is -2.30. The number of anilines is 2. The first kappa shape index (κ1) is 22.5. The molecule has 0 bridgehead atoms. The second kappa shape index (κ2) is 9.60. The van der Waals surface area contributed by atoms with Crippen molar-refractivity contribution in [3.05, 3.63) is 59.7 Å². The summed E-state index contributed by atoms with van der Waals surface area (Å²) in [5.41, 5.74) is 2.33. The molecular weight excluding hydrogens is 465 g/mol. The lowest BCUT2D eigenvalue weighted by molar-refractivity contribution is 0.445. The van der Waals surface area contributed by atoms with Gasteiger partial charge in [-0.2, -0.15) is 4.31 Å². The smallest absolute Gasteiger partial charge is 0.243 e. The van der Waals surface area contributed by atoms with Gasteiger partial charge in [-0.25, -0.2) is 17.8 Å². The number of hydrogen-bond donors (Lipinski definition) is 1. The lowest BCUT2D eigenvalue weighted by atomic mass is 10.2. The van der Waals surface area contributed by atoms with Crippen molar-refractivity contribution in [2.45, 2.75) is 18.7 Å². The highest BCUT2D eigenvalue weighted by Gasteiger charge is 2.21. The lowest BCUT2D eigenvalue weighted by Gasteiger charge is -2.18. The number of sulfonamides is 1. The minimum Gasteiger partial charge on any atom is -0.332 e. The Labute approximate surface area is 179 Å². The third-order valence-electron chi connectivity index (χ3n) is 4.09. The van der Waals surface area contributed by atoms with Crippen LogP contribution in [0.2, 0.25) is 0 Å². The summed E-state index contributed by atoms with van der Waals surface area (Å²) < 4.78 is 39.5. The van der Waals surface area contributed by atoms with Gasteiger partial charge in [-0.1, -0.05) is 26.0 Å². The maximum Gasteiger partial charge on any atom is 0.243 e. The van der Waals surface area contributed by atoms with Crippen LogP contribution in [0.25, 0.3) is 11.3 Å². The van der Waals surface area contributed by atoms with E-state index < -0.39 is 10.0 Å². The molecule has 0 aliphatic rings. The topological polar surface area (TPSA) is 62.3 Å². The molecule has 2 aromatic carbocycles. The van der Waals surface area contributed by atoms with E-state index in [4.69, 9.17) is 0 Å². The monoisotopic (exact) mass is 485 g/mol. The maximum atomic E-state index is 13.0. The van der Waals surface area contributed by atoms with Crippen molar-refractivity contribution in [1.82, 2.24) is 9.29 Å². The van der Waals surface area contributed by atoms with Crippen LogP contribution in [0, 0.1) is 5.82 Å². The van der Waals surface area contributed by atoms with Gasteiger partial charge in [-0.3, -0.25) is 0 Å². The Kier molecular flexibility index (Phi) is 7.70. The molecule has 28 heavy (non-hydrogen) atoms. The number of nitrogens with zero attached hydrogens (tertiary/aromatic N) is 2. The average molecular weight is 486 g/mol. The first-order valence-electron chi connectivity index (χ1n) is 8.52. The second-order valence-electron chi connectivity index (χ2n) is 5.78. The third kappa shape index (κ3) is 4.96. The van der Waals surface area contributed by atoms with Crippen LogP contribution in [0.1, 0.15) is 13.8 Å². The fourth-order valence-corrected chi connectivity index (χ4v) is 4.83. The fourth-order valence-electron chi connectivity index (χ4n) is 2.63. The van der Waals surface area contributed by atoms with Crippen molar-refractivity contribution in [2.75, 3.05) is 18.4 Å². The number of hydrogen-bond acceptors (Lipinski definition) is 5. The Bertz CT molecular complexity index is 1000. The number of nitrogens with one attached hydrogen (secondary N) is 1. The van der Waals surface area contributed by atoms with E-state index >= 15 is 0 Å². The van der Waals surface area contributed by atoms with Gasteiger partial charge < -0.3 is 5.32 Å². The summed E-state index contributed by atoms with van der Waals surface area (Å²) in [5, 5.41) is 5.69. The van der Waals surface area contributed by atoms with E-state index in [0.29, 0.717) is 18.2 Å². The molecule has 0 fully saturated rings. The van der Waals surface area contributed by atoms with E-state index in [1.165, 1.54) is 27.8 Å². The highest BCUT2D eigenvalue weighted by molar-refractivity contribution is 8.93. The maximum absolute atomic E-state index is 13.0. The van der Waals surface area contributed by atoms with Crippen LogP contribution in [-0.4, -0.2) is 30.8 Å². The van der Waals surface area contributed by atoms with Gasteiger partial charge >= 0.3 is 0 Å². The van der Waals surface area contributed by atoms with Gasteiger partial charge in [-0.15, -0.1) is 28.3 Å². The molecule has 0 aliphatic carbocycles. The van der Waals surface area contributed by atoms with Gasteiger partial charge in [0.05, 0.1) is 10.6 Å². The Balaban J connectivity index is 0.00000280. The molecule has 1 N–H and O–H groups in total. The normalized spacial score (nSPS) is 11.3. The minimum absolute atomic E-state index is 0. The first-order chi connectivity index (χ1) is 12.9. The number of rotatable bonds is 7. The standard InChI is InChI=1S/C19H20FN3O2S2.BrH/c1-3-23(4-2)27(24,25)17-11-5-14(6-12-17)18-13-26-19(22-18)21-16-9-7-15(20)8-10-16;/h5-13H,3-4H2,1-2H3,(H,21,22);1H. The number of halogens is 2. The summed E-state index contributed by atoms with van der Waals surface area (Å²) in [6.07, 6.45) is 0. The summed E-state index contributed by atoms with van der Waals surface area (Å²) in [6.45, 7) is 4.51. The van der Waals surface area contributed by atoms with Gasteiger partial charge in [-0.05, 0) is 36.4 Å². The van der Waals surface area contributed by atoms with Crippen molar-refractivity contribution in [3.8, 4) is 11.3 Å². The van der Waals surface area contributed by atoms with E-state index in [9.17, 15) is 12.8 Å². The minimum atomic E-state index is -3.47. The van der Waals surface area contributed by atoms with Gasteiger partial charge in [0.25, 0.3) is 0 Å². The van der Waals surface area contributed by atoms with Crippen molar-refractivity contribution < 1.29 is 12.8 Å². The second-order valence-corrected chi connectivity index (χ2v) is 8.58. The van der Waals surface area contributed by atoms with E-state index in [-0.39, 0.29) is 27.7 Å². The summed E-state index contributed by atoms with van der Waals surface area (Å²) in [6, 6.07) is 12.8. The summed E-state index contributed by atoms with van der Waals surface area (Å²) in [7, 11) is -3.47. The fraction of sp³-hybridized carbons (Fsp3) is 0.211. The van der Waals surface area contributed by atoms with Gasteiger partial charge in [0.2, 0.25) is 10.0 Å². The predicted molar refractivity (Wildman–Crippen MR) is 118 cm³/mol. The van der Waals surface area contributed by atoms with E-state index in [0.717, 1.165) is 16.9 Å². The summed E-state index contributed by atoms with van der Waals surface area (Å²) >= 11 is 1.42. The molecule has 3 aromatic rings. The van der Waals surface area contributed by atoms with Crippen LogP contribution >= 0.6 is 28.3 Å². The molecule has 1 aromatic heterocycles. The molecule has 0 saturated carbocycles. The summed E-state index contributed by atoms with van der Waals surface area (Å²) in [5.74, 6) is -0.292. The Hall–Kier alpha value is -1.81. The zero-order chi connectivity index (χ0) is 19.4. The molecule has 9 heteroatoms. The molecule has 150 valence electrons. The SMILES string of the molecule is Br.CCN(CC)S(=O)(=O)c1ccc(-c2csc(Nc3ccc(F)cc3)n2)cc1. The molecule has 1 heterocycles. The number of aromatic nitrogens is 1. The van der Waals surface area contributed by atoms with Crippen molar-refractivity contribution >= 4 is 49.2 Å². The Morgan fingerprint density at radius 3 is 2.21 bits per heavy atom. The van der Waals surface area contributed by atoms with E-state index in [2.05, 4.69) is 10.3 Å². The van der Waals surface area contributed by atoms with E-state index in [1.807, 2.05) is 19.2 Å². The Morgan fingerprint density at radius 2 is 1.64 bits per heavy atom.